The van der Waals surface area contributed by atoms with Crippen molar-refractivity contribution in [3.05, 3.63) is 86.9 Å². The van der Waals surface area contributed by atoms with Gasteiger partial charge < -0.3 is 15.3 Å². The molecule has 0 spiro atoms. The Morgan fingerprint density at radius 3 is 1.54 bits per heavy atom. The lowest BCUT2D eigenvalue weighted by Crippen LogP contribution is -1.71. The lowest BCUT2D eigenvalue weighted by molar-refractivity contribution is 0.471. The number of halogens is 3. The van der Waals surface area contributed by atoms with Crippen molar-refractivity contribution in [2.45, 2.75) is 13.8 Å². The van der Waals surface area contributed by atoms with Crippen LogP contribution in [0.3, 0.4) is 0 Å². The zero-order valence-electron chi connectivity index (χ0n) is 14.2. The Hall–Kier alpha value is -2.07. The van der Waals surface area contributed by atoms with Gasteiger partial charge in [0.1, 0.15) is 17.2 Å². The summed E-state index contributed by atoms with van der Waals surface area (Å²) in [5.41, 5.74) is 1.71. The number of phenols is 3. The molecule has 0 heterocycles. The Bertz CT molecular complexity index is 764. The molecule has 0 saturated heterocycles. The second-order valence-electron chi connectivity index (χ2n) is 5.34. The van der Waals surface area contributed by atoms with Crippen molar-refractivity contribution in [3.63, 3.8) is 0 Å². The molecule has 3 aromatic carbocycles. The van der Waals surface area contributed by atoms with Gasteiger partial charge in [-0.25, -0.2) is 0 Å². The summed E-state index contributed by atoms with van der Waals surface area (Å²) in [6, 6.07) is 16.2. The maximum atomic E-state index is 8.99. The number of benzene rings is 3. The van der Waals surface area contributed by atoms with Gasteiger partial charge in [0.25, 0.3) is 0 Å². The summed E-state index contributed by atoms with van der Waals surface area (Å²) in [6.07, 6.45) is 0. The molecule has 3 N–H and O–H groups in total. The first-order valence-electron chi connectivity index (χ1n) is 7.54. The maximum Gasteiger partial charge on any atom is 0.118 e. The lowest BCUT2D eigenvalue weighted by atomic mass is 10.2. The van der Waals surface area contributed by atoms with E-state index in [1.54, 1.807) is 67.6 Å². The van der Waals surface area contributed by atoms with E-state index in [9.17, 15) is 0 Å². The normalized spacial score (nSPS) is 9.42. The van der Waals surface area contributed by atoms with Crippen LogP contribution in [0.2, 0.25) is 15.1 Å². The smallest absolute Gasteiger partial charge is 0.118 e. The van der Waals surface area contributed by atoms with Crippen molar-refractivity contribution >= 4 is 34.8 Å². The number of aromatic hydroxyl groups is 3. The van der Waals surface area contributed by atoms with Gasteiger partial charge in [-0.2, -0.15) is 0 Å². The van der Waals surface area contributed by atoms with E-state index in [1.165, 1.54) is 0 Å². The Kier molecular flexibility index (Phi) is 9.14. The van der Waals surface area contributed by atoms with Crippen molar-refractivity contribution in [1.82, 2.24) is 0 Å². The molecule has 0 atom stereocenters. The molecule has 0 aromatic heterocycles. The van der Waals surface area contributed by atoms with E-state index in [2.05, 4.69) is 0 Å². The minimum atomic E-state index is 0.245. The fraction of sp³-hybridized carbons (Fsp3) is 0.100. The van der Waals surface area contributed by atoms with Crippen LogP contribution >= 0.6 is 34.8 Å². The van der Waals surface area contributed by atoms with Crippen LogP contribution in [0.4, 0.5) is 0 Å². The van der Waals surface area contributed by atoms with Crippen LogP contribution in [0.1, 0.15) is 11.1 Å². The molecule has 6 heteroatoms. The molecule has 0 amide bonds. The zero-order chi connectivity index (χ0) is 19.7. The van der Waals surface area contributed by atoms with E-state index in [1.807, 2.05) is 6.92 Å². The van der Waals surface area contributed by atoms with Gasteiger partial charge in [-0.05, 0) is 85.6 Å². The SMILES string of the molecule is Cc1cc(Cl)ccc1O.Cc1cc(O)ccc1Cl.Oc1ccc(Cl)cc1. The molecule has 0 aliphatic heterocycles. The van der Waals surface area contributed by atoms with Gasteiger partial charge in [0.05, 0.1) is 0 Å². The number of aryl methyl sites for hydroxylation is 2. The predicted octanol–water partition coefficient (Wildman–Crippen LogP) is 6.75. The third-order valence-corrected chi connectivity index (χ3v) is 4.04. The summed E-state index contributed by atoms with van der Waals surface area (Å²) in [5.74, 6) is 0.797. The number of phenolic OH excluding ortho intramolecular Hbond substituents is 3. The Morgan fingerprint density at radius 1 is 0.577 bits per heavy atom. The Morgan fingerprint density at radius 2 is 1.12 bits per heavy atom. The van der Waals surface area contributed by atoms with E-state index in [4.69, 9.17) is 50.1 Å². The van der Waals surface area contributed by atoms with Crippen molar-refractivity contribution < 1.29 is 15.3 Å². The fourth-order valence-corrected chi connectivity index (χ4v) is 2.16. The molecule has 138 valence electrons. The first-order chi connectivity index (χ1) is 12.2. The molecule has 0 aliphatic carbocycles. The number of rotatable bonds is 0. The van der Waals surface area contributed by atoms with E-state index < -0.39 is 0 Å². The minimum absolute atomic E-state index is 0.245. The predicted molar refractivity (Wildman–Crippen MR) is 109 cm³/mol. The average molecular weight is 414 g/mol. The summed E-state index contributed by atoms with van der Waals surface area (Å²) in [5, 5.41) is 28.5. The third-order valence-electron chi connectivity index (χ3n) is 3.13. The van der Waals surface area contributed by atoms with E-state index in [-0.39, 0.29) is 11.5 Å². The summed E-state index contributed by atoms with van der Waals surface area (Å²) < 4.78 is 0. The van der Waals surface area contributed by atoms with Gasteiger partial charge in [-0.15, -0.1) is 0 Å². The highest BCUT2D eigenvalue weighted by atomic mass is 35.5. The highest BCUT2D eigenvalue weighted by Gasteiger charge is 1.94. The van der Waals surface area contributed by atoms with Gasteiger partial charge in [-0.1, -0.05) is 34.8 Å². The molecule has 0 saturated carbocycles. The average Bonchev–Trinajstić information content (AvgIpc) is 2.59. The van der Waals surface area contributed by atoms with Crippen LogP contribution < -0.4 is 0 Å². The van der Waals surface area contributed by atoms with Crippen LogP contribution in [0, 0.1) is 13.8 Å². The van der Waals surface area contributed by atoms with Crippen LogP contribution in [-0.2, 0) is 0 Å². The summed E-state index contributed by atoms with van der Waals surface area (Å²) in [4.78, 5) is 0. The van der Waals surface area contributed by atoms with Gasteiger partial charge in [0, 0.05) is 15.1 Å². The second-order valence-corrected chi connectivity index (χ2v) is 6.62. The molecule has 0 radical (unpaired) electrons. The molecular formula is C20H19Cl3O3. The molecule has 0 aliphatic rings. The van der Waals surface area contributed by atoms with Gasteiger partial charge in [0.2, 0.25) is 0 Å². The molecular weight excluding hydrogens is 395 g/mol. The topological polar surface area (TPSA) is 60.7 Å². The third kappa shape index (κ3) is 8.34. The van der Waals surface area contributed by atoms with E-state index >= 15 is 0 Å². The summed E-state index contributed by atoms with van der Waals surface area (Å²) in [7, 11) is 0. The summed E-state index contributed by atoms with van der Waals surface area (Å²) >= 11 is 16.8. The lowest BCUT2D eigenvalue weighted by Gasteiger charge is -1.95. The van der Waals surface area contributed by atoms with Crippen molar-refractivity contribution in [3.8, 4) is 17.2 Å². The quantitative estimate of drug-likeness (QED) is 0.382. The van der Waals surface area contributed by atoms with Gasteiger partial charge in [0.15, 0.2) is 0 Å². The van der Waals surface area contributed by atoms with Gasteiger partial charge >= 0.3 is 0 Å². The van der Waals surface area contributed by atoms with Crippen molar-refractivity contribution in [1.29, 1.82) is 0 Å². The standard InChI is InChI=1S/2C7H7ClO.C6H5ClO/c1-5-4-6(9)2-3-7(5)8;1-5-4-6(8)2-3-7(5)9;7-5-1-3-6(8)4-2-5/h2*2-4,9H,1H3;1-4,8H. The highest BCUT2D eigenvalue weighted by Crippen LogP contribution is 2.20. The van der Waals surface area contributed by atoms with E-state index in [0.717, 1.165) is 11.1 Å². The number of hydrogen-bond donors (Lipinski definition) is 3. The van der Waals surface area contributed by atoms with Crippen molar-refractivity contribution in [2.75, 3.05) is 0 Å². The first-order valence-corrected chi connectivity index (χ1v) is 8.67. The second kappa shape index (κ2) is 10.8. The maximum absolute atomic E-state index is 8.99. The van der Waals surface area contributed by atoms with Gasteiger partial charge in [-0.3, -0.25) is 0 Å². The van der Waals surface area contributed by atoms with Crippen LogP contribution in [0.5, 0.6) is 17.2 Å². The van der Waals surface area contributed by atoms with Crippen LogP contribution in [0.15, 0.2) is 60.7 Å². The Labute approximate surface area is 168 Å². The molecule has 3 rings (SSSR count). The molecule has 3 nitrogen and oxygen atoms in total. The molecule has 26 heavy (non-hydrogen) atoms. The monoisotopic (exact) mass is 412 g/mol. The van der Waals surface area contributed by atoms with Crippen LogP contribution in [0.25, 0.3) is 0 Å². The molecule has 3 aromatic rings. The highest BCUT2D eigenvalue weighted by molar-refractivity contribution is 6.31. The molecule has 0 unspecified atom stereocenters. The van der Waals surface area contributed by atoms with E-state index in [0.29, 0.717) is 20.8 Å². The Balaban J connectivity index is 0.000000195. The number of hydrogen-bond acceptors (Lipinski definition) is 3. The summed E-state index contributed by atoms with van der Waals surface area (Å²) in [6.45, 7) is 3.66. The largest absolute Gasteiger partial charge is 0.508 e. The van der Waals surface area contributed by atoms with Crippen molar-refractivity contribution in [2.24, 2.45) is 0 Å². The minimum Gasteiger partial charge on any atom is -0.508 e. The zero-order valence-corrected chi connectivity index (χ0v) is 16.5. The first kappa shape index (κ1) is 22.0. The fourth-order valence-electron chi connectivity index (χ4n) is 1.69. The van der Waals surface area contributed by atoms with Crippen LogP contribution in [-0.4, -0.2) is 15.3 Å². The molecule has 0 fully saturated rings. The molecule has 0 bridgehead atoms.